The molecule has 0 saturated heterocycles. The average molecular weight is 424 g/mol. The summed E-state index contributed by atoms with van der Waals surface area (Å²) in [4.78, 5) is 20.4. The molecule has 2 N–H and O–H groups in total. The van der Waals surface area contributed by atoms with Gasteiger partial charge in [-0.2, -0.15) is 11.8 Å². The minimum atomic E-state index is -1.82. The van der Waals surface area contributed by atoms with Gasteiger partial charge in [-0.1, -0.05) is 29.8 Å². The van der Waals surface area contributed by atoms with Crippen LogP contribution in [0.15, 0.2) is 42.5 Å². The molecule has 0 aliphatic carbocycles. The quantitative estimate of drug-likeness (QED) is 0.713. The van der Waals surface area contributed by atoms with E-state index < -0.39 is 11.9 Å². The van der Waals surface area contributed by atoms with Gasteiger partial charge in [-0.15, -0.1) is 0 Å². The average Bonchev–Trinajstić information content (AvgIpc) is 2.78. The van der Waals surface area contributed by atoms with E-state index in [0.29, 0.717) is 5.25 Å². The van der Waals surface area contributed by atoms with E-state index in [1.165, 1.54) is 11.1 Å². The Labute approximate surface area is 173 Å². The molecule has 0 fully saturated rings. The Morgan fingerprint density at radius 1 is 1.14 bits per heavy atom. The second-order valence-electron chi connectivity index (χ2n) is 6.37. The SMILES string of the molecule is CN(C)CCSC1Cc2ccccc2Oc2ccc(Cl)cc21.O=C(O)C(=O)O. The normalized spacial score (nSPS) is 14.6. The molecule has 150 valence electrons. The number of carboxylic acids is 2. The molecule has 1 aliphatic rings. The molecular formula is C20H22ClNO5S. The fourth-order valence-electron chi connectivity index (χ4n) is 2.59. The lowest BCUT2D eigenvalue weighted by Gasteiger charge is -2.18. The van der Waals surface area contributed by atoms with Crippen LogP contribution in [0.25, 0.3) is 0 Å². The van der Waals surface area contributed by atoms with E-state index in [-0.39, 0.29) is 0 Å². The molecule has 0 radical (unpaired) electrons. The number of aliphatic carboxylic acids is 2. The molecule has 1 aliphatic heterocycles. The molecule has 0 amide bonds. The minimum Gasteiger partial charge on any atom is -0.473 e. The van der Waals surface area contributed by atoms with Crippen LogP contribution in [-0.4, -0.2) is 53.4 Å². The largest absolute Gasteiger partial charge is 0.473 e. The van der Waals surface area contributed by atoms with Crippen LogP contribution in [-0.2, 0) is 16.0 Å². The minimum absolute atomic E-state index is 0.372. The van der Waals surface area contributed by atoms with Crippen LogP contribution < -0.4 is 4.74 Å². The van der Waals surface area contributed by atoms with Crippen molar-refractivity contribution in [1.29, 1.82) is 0 Å². The van der Waals surface area contributed by atoms with Crippen LogP contribution in [0, 0.1) is 0 Å². The fraction of sp³-hybridized carbons (Fsp3) is 0.300. The summed E-state index contributed by atoms with van der Waals surface area (Å²) in [7, 11) is 4.22. The number of carbonyl (C=O) groups is 2. The number of carboxylic acid groups (broad SMARTS) is 2. The Morgan fingerprint density at radius 2 is 1.82 bits per heavy atom. The fourth-order valence-corrected chi connectivity index (χ4v) is 4.19. The summed E-state index contributed by atoms with van der Waals surface area (Å²) >= 11 is 8.19. The van der Waals surface area contributed by atoms with Gasteiger partial charge in [0.05, 0.1) is 0 Å². The van der Waals surface area contributed by atoms with Crippen LogP contribution >= 0.6 is 23.4 Å². The number of nitrogens with zero attached hydrogens (tertiary/aromatic N) is 1. The maximum atomic E-state index is 9.10. The summed E-state index contributed by atoms with van der Waals surface area (Å²) in [6, 6.07) is 14.2. The third-order valence-corrected chi connectivity index (χ3v) is 5.43. The van der Waals surface area contributed by atoms with E-state index in [4.69, 9.17) is 36.1 Å². The molecule has 2 aromatic carbocycles. The van der Waals surface area contributed by atoms with E-state index in [0.717, 1.165) is 35.2 Å². The van der Waals surface area contributed by atoms with Gasteiger partial charge in [-0.25, -0.2) is 9.59 Å². The molecule has 1 heterocycles. The molecule has 1 atom stereocenters. The number of hydrogen-bond donors (Lipinski definition) is 2. The highest BCUT2D eigenvalue weighted by atomic mass is 35.5. The summed E-state index contributed by atoms with van der Waals surface area (Å²) in [5.74, 6) is -0.672. The monoisotopic (exact) mass is 423 g/mol. The predicted octanol–water partition coefficient (Wildman–Crippen LogP) is 4.18. The first-order valence-corrected chi connectivity index (χ1v) is 9.98. The van der Waals surface area contributed by atoms with Crippen molar-refractivity contribution >= 4 is 35.3 Å². The van der Waals surface area contributed by atoms with E-state index in [2.05, 4.69) is 37.2 Å². The van der Waals surface area contributed by atoms with Crippen LogP contribution in [0.5, 0.6) is 11.5 Å². The van der Waals surface area contributed by atoms with Gasteiger partial charge in [-0.05, 0) is 50.3 Å². The van der Waals surface area contributed by atoms with E-state index in [1.54, 1.807) is 0 Å². The molecule has 0 bridgehead atoms. The molecule has 28 heavy (non-hydrogen) atoms. The lowest BCUT2D eigenvalue weighted by molar-refractivity contribution is -0.159. The molecule has 1 unspecified atom stereocenters. The first-order chi connectivity index (χ1) is 13.3. The Balaban J connectivity index is 0.000000409. The zero-order valence-electron chi connectivity index (χ0n) is 15.6. The van der Waals surface area contributed by atoms with Crippen molar-refractivity contribution in [3.63, 3.8) is 0 Å². The maximum absolute atomic E-state index is 9.10. The summed E-state index contributed by atoms with van der Waals surface area (Å²) in [5.41, 5.74) is 2.46. The second-order valence-corrected chi connectivity index (χ2v) is 8.12. The molecule has 0 saturated carbocycles. The van der Waals surface area contributed by atoms with Crippen molar-refractivity contribution in [1.82, 2.24) is 4.90 Å². The van der Waals surface area contributed by atoms with Gasteiger partial charge in [0.1, 0.15) is 11.5 Å². The molecule has 2 aromatic rings. The lowest BCUT2D eigenvalue weighted by atomic mass is 10.0. The van der Waals surface area contributed by atoms with Gasteiger partial charge in [0, 0.05) is 28.1 Å². The number of hydrogen-bond acceptors (Lipinski definition) is 5. The van der Waals surface area contributed by atoms with Crippen molar-refractivity contribution in [2.24, 2.45) is 0 Å². The van der Waals surface area contributed by atoms with Gasteiger partial charge in [0.25, 0.3) is 0 Å². The summed E-state index contributed by atoms with van der Waals surface area (Å²) in [6.45, 7) is 1.07. The summed E-state index contributed by atoms with van der Waals surface area (Å²) in [5, 5.41) is 15.9. The molecule has 6 nitrogen and oxygen atoms in total. The first kappa shape index (κ1) is 22.1. The van der Waals surface area contributed by atoms with Crippen LogP contribution in [0.3, 0.4) is 0 Å². The topological polar surface area (TPSA) is 87.1 Å². The second kappa shape index (κ2) is 10.4. The number of fused-ring (bicyclic) bond motifs is 2. The smallest absolute Gasteiger partial charge is 0.414 e. The van der Waals surface area contributed by atoms with Crippen molar-refractivity contribution in [2.45, 2.75) is 11.7 Å². The van der Waals surface area contributed by atoms with Gasteiger partial charge in [0.2, 0.25) is 0 Å². The zero-order valence-corrected chi connectivity index (χ0v) is 17.2. The lowest BCUT2D eigenvalue weighted by Crippen LogP contribution is -2.15. The van der Waals surface area contributed by atoms with Gasteiger partial charge < -0.3 is 19.8 Å². The first-order valence-electron chi connectivity index (χ1n) is 8.55. The Hall–Kier alpha value is -2.22. The maximum Gasteiger partial charge on any atom is 0.414 e. The zero-order chi connectivity index (χ0) is 20.7. The Kier molecular flexibility index (Phi) is 8.17. The third kappa shape index (κ3) is 6.44. The van der Waals surface area contributed by atoms with E-state index in [9.17, 15) is 0 Å². The van der Waals surface area contributed by atoms with E-state index >= 15 is 0 Å². The van der Waals surface area contributed by atoms with Crippen LogP contribution in [0.2, 0.25) is 5.02 Å². The molecule has 3 rings (SSSR count). The molecular weight excluding hydrogens is 402 g/mol. The van der Waals surface area contributed by atoms with Crippen LogP contribution in [0.4, 0.5) is 0 Å². The Morgan fingerprint density at radius 3 is 2.46 bits per heavy atom. The van der Waals surface area contributed by atoms with Crippen molar-refractivity contribution in [2.75, 3.05) is 26.4 Å². The number of para-hydroxylation sites is 1. The predicted molar refractivity (Wildman–Crippen MR) is 111 cm³/mol. The number of halogens is 1. The standard InChI is InChI=1S/C18H20ClNOS.C2H2O4/c1-20(2)9-10-22-18-11-13-5-3-4-6-16(13)21-17-8-7-14(19)12-15(17)18;3-1(4)2(5)6/h3-8,12,18H,9-11H2,1-2H3;(H,3,4)(H,5,6). The molecule has 8 heteroatoms. The third-order valence-electron chi connectivity index (χ3n) is 3.96. The van der Waals surface area contributed by atoms with E-state index in [1.807, 2.05) is 36.0 Å². The van der Waals surface area contributed by atoms with Crippen molar-refractivity contribution in [3.05, 3.63) is 58.6 Å². The van der Waals surface area contributed by atoms with Crippen molar-refractivity contribution < 1.29 is 24.5 Å². The van der Waals surface area contributed by atoms with Crippen molar-refractivity contribution in [3.8, 4) is 11.5 Å². The highest BCUT2D eigenvalue weighted by Gasteiger charge is 2.24. The Bertz CT molecular complexity index is 831. The van der Waals surface area contributed by atoms with Gasteiger partial charge in [0.15, 0.2) is 0 Å². The summed E-state index contributed by atoms with van der Waals surface area (Å²) in [6.07, 6.45) is 0.974. The molecule has 0 spiro atoms. The highest BCUT2D eigenvalue weighted by molar-refractivity contribution is 7.99. The highest BCUT2D eigenvalue weighted by Crippen LogP contribution is 2.45. The van der Waals surface area contributed by atoms with Crippen LogP contribution in [0.1, 0.15) is 16.4 Å². The number of thioether (sulfide) groups is 1. The molecule has 0 aromatic heterocycles. The number of benzene rings is 2. The van der Waals surface area contributed by atoms with Gasteiger partial charge >= 0.3 is 11.9 Å². The number of rotatable bonds is 4. The number of ether oxygens (including phenoxy) is 1. The summed E-state index contributed by atoms with van der Waals surface area (Å²) < 4.78 is 6.13. The van der Waals surface area contributed by atoms with Gasteiger partial charge in [-0.3, -0.25) is 0 Å².